The zero-order valence-electron chi connectivity index (χ0n) is 12.6. The van der Waals surface area contributed by atoms with Gasteiger partial charge in [-0.3, -0.25) is 9.69 Å². The molecular formula is C14H23N3O3. The van der Waals surface area contributed by atoms with Gasteiger partial charge in [0.15, 0.2) is 0 Å². The number of ether oxygens (including phenoxy) is 1. The molecule has 0 bridgehead atoms. The van der Waals surface area contributed by atoms with Gasteiger partial charge in [-0.15, -0.1) is 0 Å². The molecule has 20 heavy (non-hydrogen) atoms. The third-order valence-corrected chi connectivity index (χ3v) is 4.24. The van der Waals surface area contributed by atoms with Gasteiger partial charge >= 0.3 is 5.97 Å². The number of nitrogens with zero attached hydrogens (tertiary/aromatic N) is 3. The Morgan fingerprint density at radius 1 is 1.40 bits per heavy atom. The zero-order valence-corrected chi connectivity index (χ0v) is 12.6. The Morgan fingerprint density at radius 2 is 2.15 bits per heavy atom. The Morgan fingerprint density at radius 3 is 2.75 bits per heavy atom. The van der Waals surface area contributed by atoms with Crippen molar-refractivity contribution in [2.24, 2.45) is 5.92 Å². The second kappa shape index (κ2) is 6.35. The SMILES string of the molecule is CCOC(=O)[C@@H]1CC[C@H](C)N(Cc2nonc2C)[C@@H]1C. The smallest absolute Gasteiger partial charge is 0.310 e. The highest BCUT2D eigenvalue weighted by Gasteiger charge is 2.37. The number of rotatable bonds is 4. The molecule has 1 aromatic heterocycles. The first-order chi connectivity index (χ1) is 9.54. The van der Waals surface area contributed by atoms with Gasteiger partial charge in [-0.05, 0) is 40.5 Å². The fraction of sp³-hybridized carbons (Fsp3) is 0.786. The highest BCUT2D eigenvalue weighted by Crippen LogP contribution is 2.30. The zero-order chi connectivity index (χ0) is 14.7. The molecule has 0 saturated carbocycles. The minimum atomic E-state index is -0.0908. The van der Waals surface area contributed by atoms with E-state index in [1.165, 1.54) is 0 Å². The predicted molar refractivity (Wildman–Crippen MR) is 72.9 cm³/mol. The van der Waals surface area contributed by atoms with Crippen LogP contribution in [-0.2, 0) is 16.1 Å². The first-order valence-electron chi connectivity index (χ1n) is 7.25. The Labute approximate surface area is 119 Å². The van der Waals surface area contributed by atoms with E-state index in [0.29, 0.717) is 19.2 Å². The molecule has 0 amide bonds. The molecule has 1 fully saturated rings. The van der Waals surface area contributed by atoms with Crippen LogP contribution in [0.2, 0.25) is 0 Å². The van der Waals surface area contributed by atoms with Gasteiger partial charge in [0.05, 0.1) is 12.5 Å². The molecular weight excluding hydrogens is 258 g/mol. The van der Waals surface area contributed by atoms with Crippen LogP contribution >= 0.6 is 0 Å². The fourth-order valence-electron chi connectivity index (χ4n) is 2.89. The minimum Gasteiger partial charge on any atom is -0.466 e. The number of hydrogen-bond donors (Lipinski definition) is 0. The summed E-state index contributed by atoms with van der Waals surface area (Å²) < 4.78 is 9.93. The van der Waals surface area contributed by atoms with E-state index in [1.54, 1.807) is 0 Å². The van der Waals surface area contributed by atoms with E-state index in [2.05, 4.69) is 29.1 Å². The van der Waals surface area contributed by atoms with E-state index >= 15 is 0 Å². The highest BCUT2D eigenvalue weighted by atomic mass is 16.6. The summed E-state index contributed by atoms with van der Waals surface area (Å²) in [6.07, 6.45) is 1.87. The number of likely N-dealkylation sites (tertiary alicyclic amines) is 1. The molecule has 1 saturated heterocycles. The first-order valence-corrected chi connectivity index (χ1v) is 7.25. The summed E-state index contributed by atoms with van der Waals surface area (Å²) in [6.45, 7) is 9.09. The van der Waals surface area contributed by atoms with Crippen molar-refractivity contribution in [3.05, 3.63) is 11.4 Å². The van der Waals surface area contributed by atoms with Crippen molar-refractivity contribution in [2.45, 2.75) is 59.2 Å². The van der Waals surface area contributed by atoms with Gasteiger partial charge in [-0.2, -0.15) is 0 Å². The maximum absolute atomic E-state index is 12.0. The topological polar surface area (TPSA) is 68.5 Å². The molecule has 0 radical (unpaired) electrons. The van der Waals surface area contributed by atoms with Crippen LogP contribution in [0.15, 0.2) is 4.63 Å². The second-order valence-corrected chi connectivity index (χ2v) is 5.49. The van der Waals surface area contributed by atoms with Gasteiger partial charge in [0.2, 0.25) is 0 Å². The summed E-state index contributed by atoms with van der Waals surface area (Å²) in [5.41, 5.74) is 1.65. The molecule has 0 N–H and O–H groups in total. The molecule has 1 aliphatic heterocycles. The van der Waals surface area contributed by atoms with Crippen LogP contribution in [0.5, 0.6) is 0 Å². The first kappa shape index (κ1) is 15.0. The highest BCUT2D eigenvalue weighted by molar-refractivity contribution is 5.73. The lowest BCUT2D eigenvalue weighted by molar-refractivity contribution is -0.153. The van der Waals surface area contributed by atoms with Gasteiger partial charge in [-0.1, -0.05) is 10.3 Å². The van der Waals surface area contributed by atoms with Crippen molar-refractivity contribution in [3.63, 3.8) is 0 Å². The quantitative estimate of drug-likeness (QED) is 0.785. The summed E-state index contributed by atoms with van der Waals surface area (Å²) in [7, 11) is 0. The van der Waals surface area contributed by atoms with Crippen LogP contribution in [0.1, 0.15) is 45.0 Å². The number of esters is 1. The Balaban J connectivity index is 2.09. The molecule has 1 aliphatic rings. The number of aromatic nitrogens is 2. The third kappa shape index (κ3) is 3.00. The van der Waals surface area contributed by atoms with E-state index in [1.807, 2.05) is 13.8 Å². The molecule has 0 spiro atoms. The number of aryl methyl sites for hydroxylation is 1. The fourth-order valence-corrected chi connectivity index (χ4v) is 2.89. The minimum absolute atomic E-state index is 0.0636. The molecule has 1 aromatic rings. The number of hydrogen-bond acceptors (Lipinski definition) is 6. The van der Waals surface area contributed by atoms with Crippen molar-refractivity contribution in [2.75, 3.05) is 6.61 Å². The van der Waals surface area contributed by atoms with Crippen LogP contribution in [-0.4, -0.2) is 39.9 Å². The maximum Gasteiger partial charge on any atom is 0.310 e. The van der Waals surface area contributed by atoms with Gasteiger partial charge in [0.25, 0.3) is 0 Å². The van der Waals surface area contributed by atoms with E-state index in [4.69, 9.17) is 9.37 Å². The molecule has 6 heteroatoms. The summed E-state index contributed by atoms with van der Waals surface area (Å²) in [5.74, 6) is -0.154. The lowest BCUT2D eigenvalue weighted by Gasteiger charge is -2.42. The number of carbonyl (C=O) groups is 1. The van der Waals surface area contributed by atoms with Crippen molar-refractivity contribution in [1.29, 1.82) is 0 Å². The molecule has 0 aromatic carbocycles. The van der Waals surface area contributed by atoms with Crippen molar-refractivity contribution in [1.82, 2.24) is 15.2 Å². The maximum atomic E-state index is 12.0. The standard InChI is InChI=1S/C14H23N3O3/c1-5-19-14(18)12-7-6-9(2)17(11(12)4)8-13-10(3)15-20-16-13/h9,11-12H,5-8H2,1-4H3/t9-,11+,12+/m0/s1. The number of carbonyl (C=O) groups excluding carboxylic acids is 1. The summed E-state index contributed by atoms with van der Waals surface area (Å²) >= 11 is 0. The van der Waals surface area contributed by atoms with Crippen molar-refractivity contribution < 1.29 is 14.2 Å². The van der Waals surface area contributed by atoms with Crippen LogP contribution in [0.3, 0.4) is 0 Å². The molecule has 2 heterocycles. The van der Waals surface area contributed by atoms with E-state index in [0.717, 1.165) is 24.2 Å². The average molecular weight is 281 g/mol. The Kier molecular flexibility index (Phi) is 4.75. The molecule has 0 aliphatic carbocycles. The lowest BCUT2D eigenvalue weighted by Crippen LogP contribution is -2.50. The van der Waals surface area contributed by atoms with E-state index < -0.39 is 0 Å². The van der Waals surface area contributed by atoms with Gasteiger partial charge in [-0.25, -0.2) is 4.63 Å². The van der Waals surface area contributed by atoms with E-state index in [9.17, 15) is 4.79 Å². The normalized spacial score (nSPS) is 27.5. The summed E-state index contributed by atoms with van der Waals surface area (Å²) in [6, 6.07) is 0.542. The Hall–Kier alpha value is -1.43. The van der Waals surface area contributed by atoms with Gasteiger partial charge in [0, 0.05) is 18.6 Å². The van der Waals surface area contributed by atoms with Crippen LogP contribution < -0.4 is 0 Å². The summed E-state index contributed by atoms with van der Waals surface area (Å²) in [4.78, 5) is 14.3. The lowest BCUT2D eigenvalue weighted by atomic mass is 9.86. The largest absolute Gasteiger partial charge is 0.466 e. The van der Waals surface area contributed by atoms with Gasteiger partial charge < -0.3 is 4.74 Å². The van der Waals surface area contributed by atoms with Crippen molar-refractivity contribution in [3.8, 4) is 0 Å². The molecule has 3 atom stereocenters. The summed E-state index contributed by atoms with van der Waals surface area (Å²) in [5, 5.41) is 7.75. The third-order valence-electron chi connectivity index (χ3n) is 4.24. The Bertz CT molecular complexity index is 460. The van der Waals surface area contributed by atoms with Crippen molar-refractivity contribution >= 4 is 5.97 Å². The average Bonchev–Trinajstić information content (AvgIpc) is 2.80. The second-order valence-electron chi connectivity index (χ2n) is 5.49. The van der Waals surface area contributed by atoms with Gasteiger partial charge in [0.1, 0.15) is 11.4 Å². The van der Waals surface area contributed by atoms with Crippen LogP contribution in [0, 0.1) is 12.8 Å². The molecule has 2 rings (SSSR count). The molecule has 6 nitrogen and oxygen atoms in total. The number of piperidine rings is 1. The monoisotopic (exact) mass is 281 g/mol. The molecule has 0 unspecified atom stereocenters. The van der Waals surface area contributed by atoms with Crippen LogP contribution in [0.25, 0.3) is 0 Å². The van der Waals surface area contributed by atoms with Crippen LogP contribution in [0.4, 0.5) is 0 Å². The van der Waals surface area contributed by atoms with E-state index in [-0.39, 0.29) is 17.9 Å². The predicted octanol–water partition coefficient (Wildman–Crippen LogP) is 1.93. The molecule has 112 valence electrons.